The first-order valence-corrected chi connectivity index (χ1v) is 11.8. The standard InChI is InChI=1S/C19H12Cl5N5O3S/c20-11-12(21)14(23)17(15(24)13(11)22)27-4-3-26-10(30)7-33-19-28-16(9-2-1-5-32-9)8(6-25)18(31)29-19/h1-2,5,27H,3-4,7H2,(H,26,30)(H,28,29,31). The number of carbonyl (C=O) groups is 1. The quantitative estimate of drug-likeness (QED) is 0.108. The summed E-state index contributed by atoms with van der Waals surface area (Å²) < 4.78 is 5.23. The topological polar surface area (TPSA) is 124 Å². The monoisotopic (exact) mass is 565 g/mol. The van der Waals surface area contributed by atoms with Gasteiger partial charge in [0.15, 0.2) is 10.9 Å². The van der Waals surface area contributed by atoms with Crippen molar-refractivity contribution in [3.8, 4) is 17.5 Å². The molecular formula is C19H12Cl5N5O3S. The summed E-state index contributed by atoms with van der Waals surface area (Å²) in [6.07, 6.45) is 1.40. The third-order valence-electron chi connectivity index (χ3n) is 4.06. The van der Waals surface area contributed by atoms with Gasteiger partial charge in [-0.2, -0.15) is 5.26 Å². The Balaban J connectivity index is 1.56. The summed E-state index contributed by atoms with van der Waals surface area (Å²) in [4.78, 5) is 31.1. The number of anilines is 1. The Morgan fingerprint density at radius 2 is 1.79 bits per heavy atom. The van der Waals surface area contributed by atoms with E-state index in [-0.39, 0.29) is 72.0 Å². The second-order valence-corrected chi connectivity index (χ2v) is 9.05. The number of amides is 1. The average Bonchev–Trinajstić information content (AvgIpc) is 3.34. The molecule has 0 saturated heterocycles. The van der Waals surface area contributed by atoms with Crippen LogP contribution in [0.5, 0.6) is 0 Å². The molecule has 0 atom stereocenters. The van der Waals surface area contributed by atoms with E-state index < -0.39 is 5.56 Å². The van der Waals surface area contributed by atoms with E-state index in [4.69, 9.17) is 62.4 Å². The summed E-state index contributed by atoms with van der Waals surface area (Å²) in [5.41, 5.74) is -0.400. The Morgan fingerprint density at radius 3 is 2.39 bits per heavy atom. The Labute approximate surface area is 216 Å². The van der Waals surface area contributed by atoms with Crippen LogP contribution < -0.4 is 16.2 Å². The van der Waals surface area contributed by atoms with E-state index in [2.05, 4.69) is 20.6 Å². The van der Waals surface area contributed by atoms with Crippen molar-refractivity contribution < 1.29 is 9.21 Å². The van der Waals surface area contributed by atoms with Crippen molar-refractivity contribution in [3.63, 3.8) is 0 Å². The first kappa shape index (κ1) is 25.6. The molecule has 0 aliphatic heterocycles. The Kier molecular flexibility index (Phi) is 8.82. The van der Waals surface area contributed by atoms with Crippen LogP contribution in [-0.4, -0.2) is 34.7 Å². The van der Waals surface area contributed by atoms with Crippen LogP contribution in [0.25, 0.3) is 11.5 Å². The molecule has 33 heavy (non-hydrogen) atoms. The minimum absolute atomic E-state index is 0.0352. The molecule has 1 amide bonds. The number of nitriles is 1. The molecule has 14 heteroatoms. The highest BCUT2D eigenvalue weighted by Crippen LogP contribution is 2.46. The summed E-state index contributed by atoms with van der Waals surface area (Å²) in [7, 11) is 0. The molecule has 3 aromatic rings. The van der Waals surface area contributed by atoms with E-state index in [0.717, 1.165) is 11.8 Å². The van der Waals surface area contributed by atoms with Gasteiger partial charge in [0.25, 0.3) is 5.56 Å². The zero-order chi connectivity index (χ0) is 24.1. The van der Waals surface area contributed by atoms with E-state index in [0.29, 0.717) is 5.69 Å². The van der Waals surface area contributed by atoms with Crippen molar-refractivity contribution >= 4 is 81.4 Å². The van der Waals surface area contributed by atoms with Gasteiger partial charge in [0, 0.05) is 13.1 Å². The van der Waals surface area contributed by atoms with Crippen LogP contribution in [-0.2, 0) is 4.79 Å². The molecule has 3 N–H and O–H groups in total. The van der Waals surface area contributed by atoms with Crippen molar-refractivity contribution in [2.45, 2.75) is 5.16 Å². The van der Waals surface area contributed by atoms with Gasteiger partial charge in [-0.05, 0) is 12.1 Å². The van der Waals surface area contributed by atoms with Gasteiger partial charge in [0.2, 0.25) is 5.91 Å². The highest BCUT2D eigenvalue weighted by Gasteiger charge is 2.19. The highest BCUT2D eigenvalue weighted by atomic mass is 35.5. The van der Waals surface area contributed by atoms with E-state index >= 15 is 0 Å². The predicted octanol–water partition coefficient (Wildman–Crippen LogP) is 5.49. The van der Waals surface area contributed by atoms with Crippen molar-refractivity contribution in [2.24, 2.45) is 0 Å². The van der Waals surface area contributed by atoms with Gasteiger partial charge < -0.3 is 20.0 Å². The van der Waals surface area contributed by atoms with E-state index in [9.17, 15) is 14.9 Å². The number of aromatic amines is 1. The molecule has 1 aromatic carbocycles. The van der Waals surface area contributed by atoms with Crippen LogP contribution in [0.4, 0.5) is 5.69 Å². The molecule has 0 unspecified atom stereocenters. The van der Waals surface area contributed by atoms with Crippen molar-refractivity contribution in [2.75, 3.05) is 24.2 Å². The molecule has 2 heterocycles. The maximum atomic E-state index is 12.2. The largest absolute Gasteiger partial charge is 0.463 e. The Hall–Kier alpha value is -2.06. The van der Waals surface area contributed by atoms with Crippen LogP contribution >= 0.6 is 69.8 Å². The molecule has 0 bridgehead atoms. The fourth-order valence-electron chi connectivity index (χ4n) is 2.55. The number of furan rings is 1. The number of hydrogen-bond acceptors (Lipinski definition) is 7. The lowest BCUT2D eigenvalue weighted by Gasteiger charge is -2.14. The zero-order valence-electron chi connectivity index (χ0n) is 16.3. The van der Waals surface area contributed by atoms with Crippen molar-refractivity contribution in [1.29, 1.82) is 5.26 Å². The van der Waals surface area contributed by atoms with Gasteiger partial charge in [-0.25, -0.2) is 4.98 Å². The van der Waals surface area contributed by atoms with Gasteiger partial charge in [0.05, 0.1) is 42.8 Å². The normalized spacial score (nSPS) is 10.7. The number of benzene rings is 1. The summed E-state index contributed by atoms with van der Waals surface area (Å²) in [6.45, 7) is 0.484. The smallest absolute Gasteiger partial charge is 0.270 e. The SMILES string of the molecule is N#Cc1c(-c2ccco2)nc(SCC(=O)NCCNc2c(Cl)c(Cl)c(Cl)c(Cl)c2Cl)[nH]c1=O. The Morgan fingerprint density at radius 1 is 1.12 bits per heavy atom. The van der Waals surface area contributed by atoms with E-state index in [1.54, 1.807) is 18.2 Å². The summed E-state index contributed by atoms with van der Waals surface area (Å²) in [6, 6.07) is 5.00. The average molecular weight is 568 g/mol. The zero-order valence-corrected chi connectivity index (χ0v) is 20.9. The van der Waals surface area contributed by atoms with Gasteiger partial charge in [-0.3, -0.25) is 9.59 Å². The second kappa shape index (κ2) is 11.4. The van der Waals surface area contributed by atoms with Crippen LogP contribution in [0.3, 0.4) is 0 Å². The molecule has 8 nitrogen and oxygen atoms in total. The Bertz CT molecular complexity index is 1260. The fourth-order valence-corrected chi connectivity index (χ4v) is 4.51. The van der Waals surface area contributed by atoms with Crippen LogP contribution in [0.1, 0.15) is 5.56 Å². The van der Waals surface area contributed by atoms with Gasteiger partial charge in [-0.1, -0.05) is 69.8 Å². The maximum Gasteiger partial charge on any atom is 0.270 e. The van der Waals surface area contributed by atoms with Gasteiger partial charge >= 0.3 is 0 Å². The molecule has 0 saturated carbocycles. The van der Waals surface area contributed by atoms with E-state index in [1.165, 1.54) is 6.26 Å². The first-order valence-electron chi connectivity index (χ1n) is 8.97. The fraction of sp³-hybridized carbons (Fsp3) is 0.158. The van der Waals surface area contributed by atoms with Gasteiger partial charge in [0.1, 0.15) is 17.3 Å². The second-order valence-electron chi connectivity index (χ2n) is 6.19. The number of aromatic nitrogens is 2. The lowest BCUT2D eigenvalue weighted by molar-refractivity contribution is -0.118. The number of thioether (sulfide) groups is 1. The number of hydrogen-bond donors (Lipinski definition) is 3. The van der Waals surface area contributed by atoms with E-state index in [1.807, 2.05) is 0 Å². The number of nitrogens with one attached hydrogen (secondary N) is 3. The molecule has 172 valence electrons. The van der Waals surface area contributed by atoms with Gasteiger partial charge in [-0.15, -0.1) is 0 Å². The molecule has 0 spiro atoms. The van der Waals surface area contributed by atoms with Crippen LogP contribution in [0.2, 0.25) is 25.1 Å². The first-order chi connectivity index (χ1) is 15.7. The summed E-state index contributed by atoms with van der Waals surface area (Å²) in [5, 5.41) is 15.4. The molecular weight excluding hydrogens is 556 g/mol. The minimum atomic E-state index is -0.625. The number of carbonyl (C=O) groups excluding carboxylic acids is 1. The summed E-state index contributed by atoms with van der Waals surface area (Å²) >= 11 is 31.3. The predicted molar refractivity (Wildman–Crippen MR) is 131 cm³/mol. The number of H-pyrrole nitrogens is 1. The number of nitrogens with zero attached hydrogens (tertiary/aromatic N) is 2. The molecule has 2 aromatic heterocycles. The highest BCUT2D eigenvalue weighted by molar-refractivity contribution is 7.99. The lowest BCUT2D eigenvalue weighted by atomic mass is 10.2. The third kappa shape index (κ3) is 5.90. The molecule has 3 rings (SSSR count). The minimum Gasteiger partial charge on any atom is -0.463 e. The number of rotatable bonds is 8. The van der Waals surface area contributed by atoms with Crippen molar-refractivity contribution in [3.05, 3.63) is 59.4 Å². The van der Waals surface area contributed by atoms with Crippen molar-refractivity contribution in [1.82, 2.24) is 15.3 Å². The molecule has 0 aliphatic carbocycles. The van der Waals surface area contributed by atoms with Crippen LogP contribution in [0, 0.1) is 11.3 Å². The lowest BCUT2D eigenvalue weighted by Crippen LogP contribution is -2.30. The molecule has 0 aliphatic rings. The third-order valence-corrected chi connectivity index (χ3v) is 7.21. The molecule has 0 radical (unpaired) electrons. The van der Waals surface area contributed by atoms with Crippen LogP contribution in [0.15, 0.2) is 32.8 Å². The maximum absolute atomic E-state index is 12.2. The summed E-state index contributed by atoms with van der Waals surface area (Å²) in [5.74, 6) is -0.0838. The number of halogens is 5. The molecule has 0 fully saturated rings.